The number of nitro groups is 1. The van der Waals surface area contributed by atoms with Gasteiger partial charge in [0.15, 0.2) is 0 Å². The molecule has 0 unspecified atom stereocenters. The Morgan fingerprint density at radius 1 is 1.60 bits per heavy atom. The van der Waals surface area contributed by atoms with Crippen LogP contribution in [0.15, 0.2) is 16.6 Å². The lowest BCUT2D eigenvalue weighted by molar-refractivity contribution is -0.385. The largest absolute Gasteiger partial charge is 0.495 e. The molecule has 0 fully saturated rings. The Hall–Kier alpha value is -1.63. The fraction of sp³-hybridized carbons (Fsp3) is 0.125. The fourth-order valence-electron chi connectivity index (χ4n) is 0.993. The van der Waals surface area contributed by atoms with Crippen molar-refractivity contribution in [1.29, 1.82) is 0 Å². The molecule has 0 saturated heterocycles. The summed E-state index contributed by atoms with van der Waals surface area (Å²) >= 11 is 3.00. The van der Waals surface area contributed by atoms with Crippen molar-refractivity contribution in [2.45, 2.75) is 0 Å². The number of carbonyl (C=O) groups is 1. The van der Waals surface area contributed by atoms with Crippen molar-refractivity contribution in [3.05, 3.63) is 32.3 Å². The molecule has 0 aliphatic heterocycles. The molecule has 80 valence electrons. The van der Waals surface area contributed by atoms with Crippen molar-refractivity contribution in [2.75, 3.05) is 7.11 Å². The molecule has 0 spiro atoms. The van der Waals surface area contributed by atoms with Crippen molar-refractivity contribution in [3.63, 3.8) is 0 Å². The number of methoxy groups -OCH3 is 1. The highest BCUT2D eigenvalue weighted by molar-refractivity contribution is 9.10. The lowest BCUT2D eigenvalue weighted by Gasteiger charge is -2.05. The van der Waals surface area contributed by atoms with Crippen LogP contribution in [0.4, 0.5) is 5.69 Å². The molecule has 0 radical (unpaired) electrons. The maximum absolute atomic E-state index is 10.8. The van der Waals surface area contributed by atoms with E-state index in [1.54, 1.807) is 0 Å². The third-order valence-electron chi connectivity index (χ3n) is 1.69. The van der Waals surface area contributed by atoms with Gasteiger partial charge in [0.05, 0.1) is 28.1 Å². The molecule has 0 atom stereocenters. The molecule has 0 aromatic heterocycles. The second kappa shape index (κ2) is 4.26. The highest BCUT2D eigenvalue weighted by Gasteiger charge is 2.19. The van der Waals surface area contributed by atoms with Gasteiger partial charge in [-0.15, -0.1) is 0 Å². The number of carboxylic acids is 1. The summed E-state index contributed by atoms with van der Waals surface area (Å²) < 4.78 is 5.00. The minimum Gasteiger partial charge on any atom is -0.495 e. The average molecular weight is 276 g/mol. The standard InChI is InChI=1S/C8H6BrNO5/c1-15-6-3-4(10(13)14)2-5(7(6)9)8(11)12/h2-3H,1H3,(H,11,12). The quantitative estimate of drug-likeness (QED) is 0.674. The molecule has 0 heterocycles. The second-order valence-electron chi connectivity index (χ2n) is 2.57. The maximum atomic E-state index is 10.8. The van der Waals surface area contributed by atoms with Crippen LogP contribution < -0.4 is 4.74 Å². The molecule has 0 aliphatic carbocycles. The van der Waals surface area contributed by atoms with Crippen LogP contribution in [-0.2, 0) is 0 Å². The first-order valence-electron chi connectivity index (χ1n) is 3.72. The summed E-state index contributed by atoms with van der Waals surface area (Å²) in [5, 5.41) is 19.3. The zero-order chi connectivity index (χ0) is 11.6. The smallest absolute Gasteiger partial charge is 0.337 e. The van der Waals surface area contributed by atoms with Crippen molar-refractivity contribution in [1.82, 2.24) is 0 Å². The Morgan fingerprint density at radius 3 is 2.60 bits per heavy atom. The number of aromatic carboxylic acids is 1. The van der Waals surface area contributed by atoms with Crippen LogP contribution in [0.2, 0.25) is 0 Å². The minimum absolute atomic E-state index is 0.113. The molecule has 0 aliphatic rings. The Kier molecular flexibility index (Phi) is 3.25. The summed E-state index contributed by atoms with van der Waals surface area (Å²) in [5.41, 5.74) is -0.534. The number of halogens is 1. The summed E-state index contributed by atoms with van der Waals surface area (Å²) in [6, 6.07) is 2.12. The number of hydrogen-bond donors (Lipinski definition) is 1. The van der Waals surface area contributed by atoms with Crippen molar-refractivity contribution in [3.8, 4) is 5.75 Å². The topological polar surface area (TPSA) is 89.7 Å². The number of nitrogens with zero attached hydrogens (tertiary/aromatic N) is 1. The first kappa shape index (κ1) is 11.4. The van der Waals surface area contributed by atoms with Crippen LogP contribution in [-0.4, -0.2) is 23.1 Å². The summed E-state index contributed by atoms with van der Waals surface area (Å²) in [4.78, 5) is 20.6. The van der Waals surface area contributed by atoms with E-state index in [4.69, 9.17) is 9.84 Å². The molecule has 6 nitrogen and oxygen atoms in total. The van der Waals surface area contributed by atoms with Crippen LogP contribution in [0.3, 0.4) is 0 Å². The third kappa shape index (κ3) is 2.24. The number of hydrogen-bond acceptors (Lipinski definition) is 4. The number of ether oxygens (including phenoxy) is 1. The number of rotatable bonds is 3. The molecule has 0 bridgehead atoms. The summed E-state index contributed by atoms with van der Waals surface area (Å²) in [7, 11) is 1.30. The van der Waals surface area contributed by atoms with Gasteiger partial charge in [-0.3, -0.25) is 10.1 Å². The number of benzene rings is 1. The average Bonchev–Trinajstić information content (AvgIpc) is 2.17. The maximum Gasteiger partial charge on any atom is 0.337 e. The van der Waals surface area contributed by atoms with Crippen molar-refractivity contribution < 1.29 is 19.6 Å². The molecular formula is C8H6BrNO5. The van der Waals surface area contributed by atoms with Crippen LogP contribution in [0, 0.1) is 10.1 Å². The molecule has 7 heteroatoms. The van der Waals surface area contributed by atoms with Crippen LogP contribution in [0.1, 0.15) is 10.4 Å². The molecule has 1 aromatic carbocycles. The third-order valence-corrected chi connectivity index (χ3v) is 2.50. The fourth-order valence-corrected chi connectivity index (χ4v) is 1.55. The lowest BCUT2D eigenvalue weighted by Crippen LogP contribution is -2.01. The Labute approximate surface area is 92.8 Å². The summed E-state index contributed by atoms with van der Waals surface area (Å²) in [6.07, 6.45) is 0. The van der Waals surface area contributed by atoms with E-state index in [2.05, 4.69) is 15.9 Å². The summed E-state index contributed by atoms with van der Waals surface area (Å²) in [5.74, 6) is -1.15. The van der Waals surface area contributed by atoms with E-state index in [0.717, 1.165) is 12.1 Å². The zero-order valence-electron chi connectivity index (χ0n) is 7.56. The minimum atomic E-state index is -1.26. The highest BCUT2D eigenvalue weighted by atomic mass is 79.9. The van der Waals surface area contributed by atoms with Gasteiger partial charge >= 0.3 is 5.97 Å². The Bertz CT molecular complexity index is 431. The Balaban J connectivity index is 3.45. The molecule has 0 saturated carbocycles. The zero-order valence-corrected chi connectivity index (χ0v) is 9.15. The first-order valence-corrected chi connectivity index (χ1v) is 4.52. The Morgan fingerprint density at radius 2 is 2.20 bits per heavy atom. The first-order chi connectivity index (χ1) is 6.97. The molecule has 0 amide bonds. The van der Waals surface area contributed by atoms with E-state index in [1.807, 2.05) is 0 Å². The predicted octanol–water partition coefficient (Wildman–Crippen LogP) is 2.06. The van der Waals surface area contributed by atoms with Gasteiger partial charge in [0.25, 0.3) is 5.69 Å². The highest BCUT2D eigenvalue weighted by Crippen LogP contribution is 2.33. The lowest BCUT2D eigenvalue weighted by atomic mass is 10.2. The normalized spacial score (nSPS) is 9.73. The van der Waals surface area contributed by atoms with Crippen LogP contribution >= 0.6 is 15.9 Å². The SMILES string of the molecule is COc1cc([N+](=O)[O-])cc(C(=O)O)c1Br. The van der Waals surface area contributed by atoms with Crippen molar-refractivity contribution in [2.24, 2.45) is 0 Å². The van der Waals surface area contributed by atoms with Crippen LogP contribution in [0.25, 0.3) is 0 Å². The van der Waals surface area contributed by atoms with Gasteiger partial charge in [0, 0.05) is 6.07 Å². The molecular weight excluding hydrogens is 270 g/mol. The predicted molar refractivity (Wildman–Crippen MR) is 54.3 cm³/mol. The monoisotopic (exact) mass is 275 g/mol. The van der Waals surface area contributed by atoms with E-state index in [0.29, 0.717) is 0 Å². The molecule has 1 rings (SSSR count). The van der Waals surface area contributed by atoms with Gasteiger partial charge in [0.1, 0.15) is 5.75 Å². The molecule has 15 heavy (non-hydrogen) atoms. The van der Waals surface area contributed by atoms with Gasteiger partial charge in [-0.25, -0.2) is 4.79 Å². The molecule has 1 aromatic rings. The van der Waals surface area contributed by atoms with E-state index < -0.39 is 10.9 Å². The van der Waals surface area contributed by atoms with Gasteiger partial charge < -0.3 is 9.84 Å². The van der Waals surface area contributed by atoms with E-state index in [1.165, 1.54) is 7.11 Å². The van der Waals surface area contributed by atoms with Crippen molar-refractivity contribution >= 4 is 27.6 Å². The van der Waals surface area contributed by atoms with Gasteiger partial charge in [-0.05, 0) is 15.9 Å². The van der Waals surface area contributed by atoms with Gasteiger partial charge in [-0.2, -0.15) is 0 Å². The van der Waals surface area contributed by atoms with Crippen LogP contribution in [0.5, 0.6) is 5.75 Å². The van der Waals surface area contributed by atoms with Gasteiger partial charge in [-0.1, -0.05) is 0 Å². The number of carboxylic acid groups (broad SMARTS) is 1. The number of nitro benzene ring substituents is 1. The molecule has 1 N–H and O–H groups in total. The van der Waals surface area contributed by atoms with E-state index in [9.17, 15) is 14.9 Å². The second-order valence-corrected chi connectivity index (χ2v) is 3.36. The van der Waals surface area contributed by atoms with Gasteiger partial charge in [0.2, 0.25) is 0 Å². The van der Waals surface area contributed by atoms with E-state index >= 15 is 0 Å². The van der Waals surface area contributed by atoms with E-state index in [-0.39, 0.29) is 21.5 Å². The summed E-state index contributed by atoms with van der Waals surface area (Å²) in [6.45, 7) is 0. The number of non-ortho nitro benzene ring substituents is 1.